The van der Waals surface area contributed by atoms with Gasteiger partial charge in [-0.3, -0.25) is 4.79 Å². The van der Waals surface area contributed by atoms with Crippen LogP contribution in [0.5, 0.6) is 0 Å². The fraction of sp³-hybridized carbons (Fsp3) is 0.632. The molecule has 0 bridgehead atoms. The molecule has 4 nitrogen and oxygen atoms in total. The van der Waals surface area contributed by atoms with Gasteiger partial charge in [0.05, 0.1) is 5.54 Å². The summed E-state index contributed by atoms with van der Waals surface area (Å²) in [5, 5.41) is 0. The van der Waals surface area contributed by atoms with E-state index in [1.807, 2.05) is 24.0 Å². The van der Waals surface area contributed by atoms with Gasteiger partial charge in [-0.25, -0.2) is 4.39 Å². The van der Waals surface area contributed by atoms with E-state index in [0.29, 0.717) is 6.61 Å². The Bertz CT molecular complexity index is 602. The molecule has 0 saturated carbocycles. The van der Waals surface area contributed by atoms with Gasteiger partial charge in [0.25, 0.3) is 0 Å². The van der Waals surface area contributed by atoms with Crippen LogP contribution in [0, 0.1) is 5.82 Å². The Labute approximate surface area is 143 Å². The third-order valence-electron chi connectivity index (χ3n) is 5.41. The molecule has 132 valence electrons. The first-order chi connectivity index (χ1) is 11.4. The number of anilines is 1. The van der Waals surface area contributed by atoms with Crippen LogP contribution >= 0.6 is 0 Å². The van der Waals surface area contributed by atoms with E-state index in [4.69, 9.17) is 4.74 Å². The summed E-state index contributed by atoms with van der Waals surface area (Å²) >= 11 is 0. The maximum absolute atomic E-state index is 13.3. The predicted molar refractivity (Wildman–Crippen MR) is 92.6 cm³/mol. The van der Waals surface area contributed by atoms with Gasteiger partial charge in [-0.1, -0.05) is 0 Å². The van der Waals surface area contributed by atoms with Crippen molar-refractivity contribution in [1.82, 2.24) is 4.90 Å². The van der Waals surface area contributed by atoms with E-state index < -0.39 is 0 Å². The first-order valence-electron chi connectivity index (χ1n) is 8.79. The lowest BCUT2D eigenvalue weighted by molar-refractivity contribution is -0.139. The summed E-state index contributed by atoms with van der Waals surface area (Å²) in [4.78, 5) is 17.0. The number of hydrogen-bond donors (Lipinski definition) is 0. The van der Waals surface area contributed by atoms with Gasteiger partial charge in [-0.15, -0.1) is 0 Å². The van der Waals surface area contributed by atoms with Crippen molar-refractivity contribution in [2.75, 3.05) is 31.2 Å². The summed E-state index contributed by atoms with van der Waals surface area (Å²) in [6.07, 6.45) is 2.98. The summed E-state index contributed by atoms with van der Waals surface area (Å²) in [6.45, 7) is 8.63. The standard InChI is InChI=1S/C19H27FN2O2/c1-4-24-12-17(23)21-11-5-10-19(21)13-18(2,3)22(14-19)16-8-6-15(20)7-9-16/h6-9H,4-5,10-14H2,1-3H3. The van der Waals surface area contributed by atoms with Gasteiger partial charge in [0.2, 0.25) is 5.91 Å². The number of rotatable bonds is 4. The molecule has 1 amide bonds. The summed E-state index contributed by atoms with van der Waals surface area (Å²) in [5.41, 5.74) is 0.806. The lowest BCUT2D eigenvalue weighted by atomic mass is 9.87. The molecule has 24 heavy (non-hydrogen) atoms. The molecule has 0 N–H and O–H groups in total. The highest BCUT2D eigenvalue weighted by atomic mass is 19.1. The second-order valence-corrected chi connectivity index (χ2v) is 7.56. The molecular weight excluding hydrogens is 307 g/mol. The number of carbonyl (C=O) groups is 1. The minimum Gasteiger partial charge on any atom is -0.372 e. The van der Waals surface area contributed by atoms with E-state index in [0.717, 1.165) is 38.0 Å². The van der Waals surface area contributed by atoms with Crippen LogP contribution in [0.3, 0.4) is 0 Å². The lowest BCUT2D eigenvalue weighted by Gasteiger charge is -2.35. The Morgan fingerprint density at radius 3 is 2.67 bits per heavy atom. The largest absolute Gasteiger partial charge is 0.372 e. The highest BCUT2D eigenvalue weighted by molar-refractivity contribution is 5.79. The Kier molecular flexibility index (Phi) is 4.56. The van der Waals surface area contributed by atoms with Gasteiger partial charge in [-0.2, -0.15) is 0 Å². The molecule has 2 heterocycles. The highest BCUT2D eigenvalue weighted by Crippen LogP contribution is 2.47. The van der Waals surface area contributed by atoms with Gasteiger partial charge in [0.15, 0.2) is 0 Å². The molecule has 2 aliphatic rings. The zero-order valence-electron chi connectivity index (χ0n) is 14.8. The molecule has 2 aliphatic heterocycles. The number of amides is 1. The average molecular weight is 334 g/mol. The van der Waals surface area contributed by atoms with E-state index in [-0.39, 0.29) is 29.4 Å². The molecule has 1 unspecified atom stereocenters. The molecule has 2 fully saturated rings. The van der Waals surface area contributed by atoms with Crippen LogP contribution < -0.4 is 4.90 Å². The van der Waals surface area contributed by atoms with Crippen LogP contribution in [-0.2, 0) is 9.53 Å². The van der Waals surface area contributed by atoms with Gasteiger partial charge in [0.1, 0.15) is 12.4 Å². The molecule has 3 rings (SSSR count). The molecule has 1 aromatic rings. The molecule has 1 aromatic carbocycles. The molecule has 5 heteroatoms. The summed E-state index contributed by atoms with van der Waals surface area (Å²) in [5.74, 6) is -0.133. The lowest BCUT2D eigenvalue weighted by Crippen LogP contribution is -2.50. The maximum atomic E-state index is 13.3. The quantitative estimate of drug-likeness (QED) is 0.848. The highest BCUT2D eigenvalue weighted by Gasteiger charge is 2.54. The van der Waals surface area contributed by atoms with Crippen LogP contribution in [0.1, 0.15) is 40.0 Å². The van der Waals surface area contributed by atoms with Crippen molar-refractivity contribution >= 4 is 11.6 Å². The third kappa shape index (κ3) is 3.02. The molecular formula is C19H27FN2O2. The number of likely N-dealkylation sites (tertiary alicyclic amines) is 1. The Hall–Kier alpha value is -1.62. The van der Waals surface area contributed by atoms with Crippen molar-refractivity contribution in [3.8, 4) is 0 Å². The monoisotopic (exact) mass is 334 g/mol. The number of hydrogen-bond acceptors (Lipinski definition) is 3. The van der Waals surface area contributed by atoms with E-state index in [2.05, 4.69) is 18.7 Å². The number of ether oxygens (including phenoxy) is 1. The summed E-state index contributed by atoms with van der Waals surface area (Å²) < 4.78 is 18.6. The Morgan fingerprint density at radius 1 is 1.29 bits per heavy atom. The van der Waals surface area contributed by atoms with Crippen molar-refractivity contribution in [1.29, 1.82) is 0 Å². The predicted octanol–water partition coefficient (Wildman–Crippen LogP) is 3.21. The Balaban J connectivity index is 1.84. The van der Waals surface area contributed by atoms with Gasteiger partial charge >= 0.3 is 0 Å². The van der Waals surface area contributed by atoms with Crippen molar-refractivity contribution in [3.05, 3.63) is 30.1 Å². The zero-order chi connectivity index (χ0) is 17.4. The molecule has 1 atom stereocenters. The molecule has 0 aliphatic carbocycles. The molecule has 0 radical (unpaired) electrons. The second-order valence-electron chi connectivity index (χ2n) is 7.56. The van der Waals surface area contributed by atoms with E-state index in [1.54, 1.807) is 0 Å². The van der Waals surface area contributed by atoms with Crippen LogP contribution in [0.4, 0.5) is 10.1 Å². The molecule has 1 spiro atoms. The number of halogens is 1. The minimum absolute atomic E-state index is 0.0771. The van der Waals surface area contributed by atoms with Crippen molar-refractivity contribution in [2.45, 2.75) is 51.1 Å². The topological polar surface area (TPSA) is 32.8 Å². The van der Waals surface area contributed by atoms with Gasteiger partial charge in [0, 0.05) is 30.9 Å². The number of nitrogens with zero attached hydrogens (tertiary/aromatic N) is 2. The average Bonchev–Trinajstić information content (AvgIpc) is 3.06. The van der Waals surface area contributed by atoms with Crippen LogP contribution in [0.15, 0.2) is 24.3 Å². The zero-order valence-corrected chi connectivity index (χ0v) is 14.8. The molecule has 2 saturated heterocycles. The number of carbonyl (C=O) groups excluding carboxylic acids is 1. The van der Waals surface area contributed by atoms with Crippen molar-refractivity contribution < 1.29 is 13.9 Å². The van der Waals surface area contributed by atoms with E-state index in [1.165, 1.54) is 12.1 Å². The Morgan fingerprint density at radius 2 is 2.00 bits per heavy atom. The summed E-state index contributed by atoms with van der Waals surface area (Å²) in [6, 6.07) is 6.67. The summed E-state index contributed by atoms with van der Waals surface area (Å²) in [7, 11) is 0. The first kappa shape index (κ1) is 17.2. The van der Waals surface area contributed by atoms with Crippen LogP contribution in [-0.4, -0.2) is 48.2 Å². The normalized spacial score (nSPS) is 25.7. The van der Waals surface area contributed by atoms with Crippen molar-refractivity contribution in [3.63, 3.8) is 0 Å². The van der Waals surface area contributed by atoms with E-state index in [9.17, 15) is 9.18 Å². The smallest absolute Gasteiger partial charge is 0.249 e. The maximum Gasteiger partial charge on any atom is 0.249 e. The fourth-order valence-corrected chi connectivity index (χ4v) is 4.47. The van der Waals surface area contributed by atoms with E-state index >= 15 is 0 Å². The first-order valence-corrected chi connectivity index (χ1v) is 8.79. The fourth-order valence-electron chi connectivity index (χ4n) is 4.47. The number of benzene rings is 1. The molecule has 0 aromatic heterocycles. The minimum atomic E-state index is -0.222. The van der Waals surface area contributed by atoms with Crippen LogP contribution in [0.2, 0.25) is 0 Å². The second kappa shape index (κ2) is 6.36. The van der Waals surface area contributed by atoms with Crippen molar-refractivity contribution in [2.24, 2.45) is 0 Å². The van der Waals surface area contributed by atoms with Crippen LogP contribution in [0.25, 0.3) is 0 Å². The SMILES string of the molecule is CCOCC(=O)N1CCCC12CN(c1ccc(F)cc1)C(C)(C)C2. The third-order valence-corrected chi connectivity index (χ3v) is 5.41. The van der Waals surface area contributed by atoms with Gasteiger partial charge < -0.3 is 14.5 Å². The van der Waals surface area contributed by atoms with Gasteiger partial charge in [-0.05, 0) is 64.3 Å².